The van der Waals surface area contributed by atoms with Crippen molar-refractivity contribution in [1.29, 1.82) is 0 Å². The van der Waals surface area contributed by atoms with Crippen LogP contribution in [-0.2, 0) is 4.79 Å². The van der Waals surface area contributed by atoms with Crippen molar-refractivity contribution in [2.24, 2.45) is 16.8 Å². The third-order valence-corrected chi connectivity index (χ3v) is 4.52. The fourth-order valence-electron chi connectivity index (χ4n) is 2.35. The molecule has 1 aromatic carbocycles. The van der Waals surface area contributed by atoms with Gasteiger partial charge in [0, 0.05) is 6.42 Å². The van der Waals surface area contributed by atoms with E-state index in [0.29, 0.717) is 12.3 Å². The molecule has 1 heterocycles. The summed E-state index contributed by atoms with van der Waals surface area (Å²) in [5.74, 6) is 1.34. The molecule has 2 rings (SSSR count). The molecule has 0 radical (unpaired) electrons. The van der Waals surface area contributed by atoms with Gasteiger partial charge in [0.05, 0.1) is 11.3 Å². The molecular formula is C14H18FN3O2S. The second kappa shape index (κ2) is 7.31. The number of halogens is 1. The van der Waals surface area contributed by atoms with E-state index in [2.05, 4.69) is 10.5 Å². The van der Waals surface area contributed by atoms with Crippen LogP contribution in [0.15, 0.2) is 23.4 Å². The quantitative estimate of drug-likeness (QED) is 0.345. The van der Waals surface area contributed by atoms with Gasteiger partial charge in [-0.25, -0.2) is 4.39 Å². The zero-order valence-electron chi connectivity index (χ0n) is 11.5. The first-order chi connectivity index (χ1) is 10.1. The fraction of sp³-hybridized carbons (Fsp3) is 0.429. The predicted molar refractivity (Wildman–Crippen MR) is 82.2 cm³/mol. The topological polar surface area (TPSA) is 87.7 Å². The van der Waals surface area contributed by atoms with Crippen LogP contribution in [0, 0.1) is 11.7 Å². The van der Waals surface area contributed by atoms with Gasteiger partial charge in [-0.1, -0.05) is 11.2 Å². The van der Waals surface area contributed by atoms with Crippen molar-refractivity contribution in [2.45, 2.75) is 19.3 Å². The minimum Gasteiger partial charge on any atom is -0.409 e. The Bertz CT molecular complexity index is 545. The molecule has 0 bridgehead atoms. The van der Waals surface area contributed by atoms with E-state index in [0.717, 1.165) is 24.3 Å². The van der Waals surface area contributed by atoms with Gasteiger partial charge in [-0.05, 0) is 42.4 Å². The molecule has 0 atom stereocenters. The minimum atomic E-state index is -0.642. The normalized spacial score (nSPS) is 16.7. The van der Waals surface area contributed by atoms with E-state index in [1.807, 2.05) is 11.8 Å². The lowest BCUT2D eigenvalue weighted by Crippen LogP contribution is -2.23. The number of nitrogens with two attached hydrogens (primary N) is 1. The smallest absolute Gasteiger partial charge is 0.224 e. The van der Waals surface area contributed by atoms with E-state index in [4.69, 9.17) is 10.9 Å². The van der Waals surface area contributed by atoms with Crippen molar-refractivity contribution < 1.29 is 14.4 Å². The summed E-state index contributed by atoms with van der Waals surface area (Å²) in [5, 5.41) is 14.2. The highest BCUT2D eigenvalue weighted by molar-refractivity contribution is 7.99. The highest BCUT2D eigenvalue weighted by atomic mass is 32.2. The fourth-order valence-corrected chi connectivity index (χ4v) is 3.56. The van der Waals surface area contributed by atoms with Gasteiger partial charge in [-0.15, -0.1) is 0 Å². The first-order valence-corrected chi connectivity index (χ1v) is 7.91. The number of benzene rings is 1. The first-order valence-electron chi connectivity index (χ1n) is 6.76. The number of amidine groups is 1. The van der Waals surface area contributed by atoms with Gasteiger partial charge < -0.3 is 16.3 Å². The Balaban J connectivity index is 2.08. The van der Waals surface area contributed by atoms with Gasteiger partial charge in [0.25, 0.3) is 0 Å². The number of carbonyl (C=O) groups excluding carboxylic acids is 1. The Morgan fingerprint density at radius 1 is 1.48 bits per heavy atom. The number of thioether (sulfide) groups is 1. The summed E-state index contributed by atoms with van der Waals surface area (Å²) in [6.07, 6.45) is 2.45. The SMILES string of the molecule is N/C(=N/O)c1c(F)cccc1NC(=O)CC1CCSCC1. The number of oxime groups is 1. The summed E-state index contributed by atoms with van der Waals surface area (Å²) in [5.41, 5.74) is 5.59. The molecule has 4 N–H and O–H groups in total. The molecule has 7 heteroatoms. The van der Waals surface area contributed by atoms with Gasteiger partial charge >= 0.3 is 0 Å². The van der Waals surface area contributed by atoms with Gasteiger partial charge in [-0.3, -0.25) is 4.79 Å². The average molecular weight is 311 g/mol. The Labute approximate surface area is 126 Å². The number of anilines is 1. The highest BCUT2D eigenvalue weighted by Crippen LogP contribution is 2.26. The predicted octanol–water partition coefficient (Wildman–Crippen LogP) is 2.39. The van der Waals surface area contributed by atoms with Gasteiger partial charge in [-0.2, -0.15) is 11.8 Å². The molecule has 21 heavy (non-hydrogen) atoms. The van der Waals surface area contributed by atoms with Crippen molar-refractivity contribution in [2.75, 3.05) is 16.8 Å². The zero-order valence-corrected chi connectivity index (χ0v) is 12.3. The van der Waals surface area contributed by atoms with E-state index in [1.54, 1.807) is 0 Å². The van der Waals surface area contributed by atoms with Crippen LogP contribution >= 0.6 is 11.8 Å². The molecule has 1 saturated heterocycles. The minimum absolute atomic E-state index is 0.0902. The third kappa shape index (κ3) is 4.10. The van der Waals surface area contributed by atoms with Gasteiger partial charge in [0.1, 0.15) is 5.82 Å². The largest absolute Gasteiger partial charge is 0.409 e. The van der Waals surface area contributed by atoms with E-state index in [-0.39, 0.29) is 23.0 Å². The van der Waals surface area contributed by atoms with Crippen LogP contribution in [0.3, 0.4) is 0 Å². The number of nitrogens with zero attached hydrogens (tertiary/aromatic N) is 1. The number of rotatable bonds is 4. The summed E-state index contributed by atoms with van der Waals surface area (Å²) in [6, 6.07) is 4.20. The number of hydrogen-bond donors (Lipinski definition) is 3. The Morgan fingerprint density at radius 3 is 2.86 bits per heavy atom. The second-order valence-electron chi connectivity index (χ2n) is 4.96. The molecule has 1 aliphatic rings. The Hall–Kier alpha value is -1.76. The monoisotopic (exact) mass is 311 g/mol. The second-order valence-corrected chi connectivity index (χ2v) is 6.18. The lowest BCUT2D eigenvalue weighted by Gasteiger charge is -2.21. The number of hydrogen-bond acceptors (Lipinski definition) is 4. The lowest BCUT2D eigenvalue weighted by atomic mass is 9.98. The maximum atomic E-state index is 13.8. The van der Waals surface area contributed by atoms with Gasteiger partial charge in [0.2, 0.25) is 5.91 Å². The highest BCUT2D eigenvalue weighted by Gasteiger charge is 2.19. The van der Waals surface area contributed by atoms with Gasteiger partial charge in [0.15, 0.2) is 5.84 Å². The van der Waals surface area contributed by atoms with Crippen LogP contribution in [0.5, 0.6) is 0 Å². The molecule has 0 spiro atoms. The van der Waals surface area contributed by atoms with Crippen molar-refractivity contribution in [3.63, 3.8) is 0 Å². The van der Waals surface area contributed by atoms with Crippen LogP contribution in [0.4, 0.5) is 10.1 Å². The number of nitrogens with one attached hydrogen (secondary N) is 1. The third-order valence-electron chi connectivity index (χ3n) is 3.47. The van der Waals surface area contributed by atoms with Crippen LogP contribution in [0.2, 0.25) is 0 Å². The molecule has 0 aromatic heterocycles. The molecule has 1 aromatic rings. The van der Waals surface area contributed by atoms with E-state index < -0.39 is 5.82 Å². The molecule has 1 amide bonds. The Kier molecular flexibility index (Phi) is 5.44. The van der Waals surface area contributed by atoms with E-state index in [9.17, 15) is 9.18 Å². The number of amides is 1. The zero-order chi connectivity index (χ0) is 15.2. The lowest BCUT2D eigenvalue weighted by molar-refractivity contribution is -0.117. The molecule has 5 nitrogen and oxygen atoms in total. The Morgan fingerprint density at radius 2 is 2.19 bits per heavy atom. The molecule has 0 saturated carbocycles. The molecule has 1 aliphatic heterocycles. The van der Waals surface area contributed by atoms with Crippen LogP contribution < -0.4 is 11.1 Å². The summed E-state index contributed by atoms with van der Waals surface area (Å²) >= 11 is 1.90. The van der Waals surface area contributed by atoms with Crippen molar-refractivity contribution in [3.8, 4) is 0 Å². The molecule has 0 unspecified atom stereocenters. The molecular weight excluding hydrogens is 293 g/mol. The summed E-state index contributed by atoms with van der Waals surface area (Å²) in [7, 11) is 0. The van der Waals surface area contributed by atoms with Crippen LogP contribution in [0.25, 0.3) is 0 Å². The maximum Gasteiger partial charge on any atom is 0.224 e. The van der Waals surface area contributed by atoms with E-state index in [1.165, 1.54) is 18.2 Å². The summed E-state index contributed by atoms with van der Waals surface area (Å²) in [6.45, 7) is 0. The van der Waals surface area contributed by atoms with Crippen molar-refractivity contribution >= 4 is 29.2 Å². The first kappa shape index (κ1) is 15.6. The summed E-state index contributed by atoms with van der Waals surface area (Å²) in [4.78, 5) is 12.1. The standard InChI is InChI=1S/C14H18FN3O2S/c15-10-2-1-3-11(13(10)14(16)18-20)17-12(19)8-9-4-6-21-7-5-9/h1-3,9,20H,4-8H2,(H2,16,18)(H,17,19). The average Bonchev–Trinajstić information content (AvgIpc) is 2.47. The summed E-state index contributed by atoms with van der Waals surface area (Å²) < 4.78 is 13.8. The van der Waals surface area contributed by atoms with E-state index >= 15 is 0 Å². The molecule has 0 aliphatic carbocycles. The maximum absolute atomic E-state index is 13.8. The van der Waals surface area contributed by atoms with Crippen LogP contribution in [-0.4, -0.2) is 28.5 Å². The van der Waals surface area contributed by atoms with Crippen LogP contribution in [0.1, 0.15) is 24.8 Å². The van der Waals surface area contributed by atoms with Crippen molar-refractivity contribution in [3.05, 3.63) is 29.6 Å². The molecule has 114 valence electrons. The number of carbonyl (C=O) groups is 1. The molecule has 1 fully saturated rings. The van der Waals surface area contributed by atoms with Crippen molar-refractivity contribution in [1.82, 2.24) is 0 Å².